The van der Waals surface area contributed by atoms with Crippen LogP contribution in [0.5, 0.6) is 0 Å². The standard InChI is InChI=1S/C15H23NO/c1-11(16)15(7-8-15)13-6-4-5-12(9-13)10-14(2,3)17/h4-6,9,11,17H,7-8,10,16H2,1-3H3. The maximum atomic E-state index is 9.86. The molecule has 0 radical (unpaired) electrons. The monoisotopic (exact) mass is 233 g/mol. The summed E-state index contributed by atoms with van der Waals surface area (Å²) >= 11 is 0. The molecule has 1 saturated carbocycles. The van der Waals surface area contributed by atoms with Crippen molar-refractivity contribution in [3.05, 3.63) is 35.4 Å². The smallest absolute Gasteiger partial charge is 0.0631 e. The van der Waals surface area contributed by atoms with Crippen LogP contribution >= 0.6 is 0 Å². The molecule has 0 spiro atoms. The van der Waals surface area contributed by atoms with E-state index >= 15 is 0 Å². The van der Waals surface area contributed by atoms with Crippen molar-refractivity contribution >= 4 is 0 Å². The predicted octanol–water partition coefficient (Wildman–Crippen LogP) is 2.38. The van der Waals surface area contributed by atoms with Gasteiger partial charge in [0, 0.05) is 17.9 Å². The van der Waals surface area contributed by atoms with E-state index in [9.17, 15) is 5.11 Å². The Morgan fingerprint density at radius 2 is 2.06 bits per heavy atom. The zero-order valence-corrected chi connectivity index (χ0v) is 11.0. The number of aliphatic hydroxyl groups is 1. The van der Waals surface area contributed by atoms with Crippen LogP contribution in [0.1, 0.15) is 44.7 Å². The fraction of sp³-hybridized carbons (Fsp3) is 0.600. The Morgan fingerprint density at radius 1 is 1.41 bits per heavy atom. The van der Waals surface area contributed by atoms with Gasteiger partial charge in [-0.3, -0.25) is 0 Å². The zero-order valence-electron chi connectivity index (χ0n) is 11.0. The van der Waals surface area contributed by atoms with Gasteiger partial charge < -0.3 is 10.8 Å². The van der Waals surface area contributed by atoms with Gasteiger partial charge in [0.05, 0.1) is 5.60 Å². The molecule has 2 nitrogen and oxygen atoms in total. The minimum absolute atomic E-state index is 0.204. The topological polar surface area (TPSA) is 46.2 Å². The molecule has 0 heterocycles. The highest BCUT2D eigenvalue weighted by Gasteiger charge is 2.47. The lowest BCUT2D eigenvalue weighted by Gasteiger charge is -2.22. The second kappa shape index (κ2) is 4.11. The Hall–Kier alpha value is -0.860. The van der Waals surface area contributed by atoms with E-state index in [1.807, 2.05) is 13.8 Å². The van der Waals surface area contributed by atoms with E-state index in [0.29, 0.717) is 6.42 Å². The number of hydrogen-bond acceptors (Lipinski definition) is 2. The summed E-state index contributed by atoms with van der Waals surface area (Å²) < 4.78 is 0. The van der Waals surface area contributed by atoms with Gasteiger partial charge in [-0.2, -0.15) is 0 Å². The summed E-state index contributed by atoms with van der Waals surface area (Å²) in [6, 6.07) is 8.76. The van der Waals surface area contributed by atoms with E-state index in [-0.39, 0.29) is 11.5 Å². The molecule has 1 aliphatic carbocycles. The highest BCUT2D eigenvalue weighted by Crippen LogP contribution is 2.50. The van der Waals surface area contributed by atoms with Crippen molar-refractivity contribution in [1.29, 1.82) is 0 Å². The normalized spacial score (nSPS) is 20.1. The Balaban J connectivity index is 2.24. The molecule has 0 bridgehead atoms. The number of rotatable bonds is 4. The maximum Gasteiger partial charge on any atom is 0.0631 e. The molecule has 0 aliphatic heterocycles. The lowest BCUT2D eigenvalue weighted by atomic mass is 9.87. The number of hydrogen-bond donors (Lipinski definition) is 2. The Kier molecular flexibility index (Phi) is 3.04. The maximum absolute atomic E-state index is 9.86. The van der Waals surface area contributed by atoms with Crippen LogP contribution < -0.4 is 5.73 Å². The van der Waals surface area contributed by atoms with Gasteiger partial charge >= 0.3 is 0 Å². The molecule has 1 atom stereocenters. The summed E-state index contributed by atoms with van der Waals surface area (Å²) in [6.07, 6.45) is 3.07. The van der Waals surface area contributed by atoms with Crippen molar-refractivity contribution < 1.29 is 5.11 Å². The summed E-state index contributed by atoms with van der Waals surface area (Å²) in [7, 11) is 0. The van der Waals surface area contributed by atoms with Gasteiger partial charge in [-0.25, -0.2) is 0 Å². The van der Waals surface area contributed by atoms with E-state index in [2.05, 4.69) is 31.2 Å². The molecular weight excluding hydrogens is 210 g/mol. The van der Waals surface area contributed by atoms with Crippen molar-refractivity contribution in [1.82, 2.24) is 0 Å². The van der Waals surface area contributed by atoms with Crippen LogP contribution in [0.3, 0.4) is 0 Å². The third kappa shape index (κ3) is 2.70. The molecule has 94 valence electrons. The Morgan fingerprint density at radius 3 is 2.53 bits per heavy atom. The van der Waals surface area contributed by atoms with Crippen LogP contribution in [0, 0.1) is 0 Å². The van der Waals surface area contributed by atoms with Crippen molar-refractivity contribution in [3.8, 4) is 0 Å². The van der Waals surface area contributed by atoms with E-state index in [0.717, 1.165) is 0 Å². The van der Waals surface area contributed by atoms with Crippen molar-refractivity contribution in [3.63, 3.8) is 0 Å². The third-order valence-corrected chi connectivity index (χ3v) is 3.80. The summed E-state index contributed by atoms with van der Waals surface area (Å²) in [5.74, 6) is 0. The fourth-order valence-electron chi connectivity index (χ4n) is 2.63. The molecule has 17 heavy (non-hydrogen) atoms. The third-order valence-electron chi connectivity index (χ3n) is 3.80. The first-order valence-corrected chi connectivity index (χ1v) is 6.41. The highest BCUT2D eigenvalue weighted by atomic mass is 16.3. The fourth-order valence-corrected chi connectivity index (χ4v) is 2.63. The van der Waals surface area contributed by atoms with Crippen LogP contribution in [0.15, 0.2) is 24.3 Å². The van der Waals surface area contributed by atoms with Crippen molar-refractivity contribution in [2.75, 3.05) is 0 Å². The molecule has 0 amide bonds. The second-order valence-corrected chi connectivity index (χ2v) is 6.13. The van der Waals surface area contributed by atoms with E-state index < -0.39 is 5.60 Å². The first-order chi connectivity index (χ1) is 7.83. The molecule has 2 heteroatoms. The molecule has 0 aromatic heterocycles. The van der Waals surface area contributed by atoms with Crippen molar-refractivity contribution in [2.24, 2.45) is 5.73 Å². The Labute approximate surface area is 104 Å². The van der Waals surface area contributed by atoms with Gasteiger partial charge in [-0.15, -0.1) is 0 Å². The number of benzene rings is 1. The van der Waals surface area contributed by atoms with Gasteiger partial charge in [0.25, 0.3) is 0 Å². The van der Waals surface area contributed by atoms with Gasteiger partial charge in [0.2, 0.25) is 0 Å². The van der Waals surface area contributed by atoms with Crippen LogP contribution in [0.25, 0.3) is 0 Å². The summed E-state index contributed by atoms with van der Waals surface area (Å²) in [5, 5.41) is 9.86. The average Bonchev–Trinajstić information content (AvgIpc) is 2.95. The van der Waals surface area contributed by atoms with Crippen LogP contribution in [-0.4, -0.2) is 16.7 Å². The van der Waals surface area contributed by atoms with Gasteiger partial charge in [0.15, 0.2) is 0 Å². The lowest BCUT2D eigenvalue weighted by molar-refractivity contribution is 0.0810. The predicted molar refractivity (Wildman–Crippen MR) is 71.0 cm³/mol. The van der Waals surface area contributed by atoms with Gasteiger partial charge in [0.1, 0.15) is 0 Å². The zero-order chi connectivity index (χ0) is 12.7. The summed E-state index contributed by atoms with van der Waals surface area (Å²) in [5.41, 5.74) is 8.19. The first kappa shape index (κ1) is 12.6. The first-order valence-electron chi connectivity index (χ1n) is 6.41. The molecule has 1 aromatic rings. The lowest BCUT2D eigenvalue weighted by Crippen LogP contribution is -2.31. The molecule has 1 unspecified atom stereocenters. The SMILES string of the molecule is CC(N)C1(c2cccc(CC(C)(C)O)c2)CC1. The Bertz CT molecular complexity index is 400. The minimum Gasteiger partial charge on any atom is -0.390 e. The highest BCUT2D eigenvalue weighted by molar-refractivity contribution is 5.36. The molecule has 1 aromatic carbocycles. The number of nitrogens with two attached hydrogens (primary N) is 1. The molecule has 1 fully saturated rings. The molecular formula is C15H23NO. The summed E-state index contributed by atoms with van der Waals surface area (Å²) in [6.45, 7) is 5.78. The molecule has 3 N–H and O–H groups in total. The summed E-state index contributed by atoms with van der Waals surface area (Å²) in [4.78, 5) is 0. The quantitative estimate of drug-likeness (QED) is 0.838. The van der Waals surface area contributed by atoms with Crippen LogP contribution in [-0.2, 0) is 11.8 Å². The molecule has 0 saturated heterocycles. The van der Waals surface area contributed by atoms with Crippen LogP contribution in [0.4, 0.5) is 0 Å². The molecule has 1 aliphatic rings. The molecule has 2 rings (SSSR count). The second-order valence-electron chi connectivity index (χ2n) is 6.13. The minimum atomic E-state index is -0.649. The van der Waals surface area contributed by atoms with Crippen molar-refractivity contribution in [2.45, 2.75) is 57.1 Å². The van der Waals surface area contributed by atoms with Crippen LogP contribution in [0.2, 0.25) is 0 Å². The van der Waals surface area contributed by atoms with Gasteiger partial charge in [-0.1, -0.05) is 24.3 Å². The van der Waals surface area contributed by atoms with E-state index in [1.54, 1.807) is 0 Å². The largest absolute Gasteiger partial charge is 0.390 e. The average molecular weight is 233 g/mol. The van der Waals surface area contributed by atoms with Gasteiger partial charge in [-0.05, 0) is 44.7 Å². The van der Waals surface area contributed by atoms with E-state index in [1.165, 1.54) is 24.0 Å². The van der Waals surface area contributed by atoms with E-state index in [4.69, 9.17) is 5.73 Å².